The number of anilines is 1. The molecule has 1 fully saturated rings. The van der Waals surface area contributed by atoms with Gasteiger partial charge in [-0.2, -0.15) is 5.26 Å². The summed E-state index contributed by atoms with van der Waals surface area (Å²) in [5.74, 6) is 0.828. The number of methoxy groups -OCH3 is 2. The van der Waals surface area contributed by atoms with Crippen LogP contribution in [0.3, 0.4) is 0 Å². The zero-order valence-corrected chi connectivity index (χ0v) is 18.9. The van der Waals surface area contributed by atoms with Gasteiger partial charge in [0.2, 0.25) is 0 Å². The van der Waals surface area contributed by atoms with Gasteiger partial charge in [-0.05, 0) is 48.6 Å². The number of benzene rings is 2. The highest BCUT2D eigenvalue weighted by Crippen LogP contribution is 2.42. The van der Waals surface area contributed by atoms with Gasteiger partial charge in [-0.25, -0.2) is 13.8 Å². The van der Waals surface area contributed by atoms with Crippen LogP contribution in [0.15, 0.2) is 42.5 Å². The van der Waals surface area contributed by atoms with Crippen molar-refractivity contribution in [1.29, 1.82) is 5.26 Å². The Hall–Kier alpha value is -3.66. The molecule has 2 aromatic carbocycles. The summed E-state index contributed by atoms with van der Waals surface area (Å²) in [4.78, 5) is 7.07. The average Bonchev–Trinajstić information content (AvgIpc) is 2.83. The van der Waals surface area contributed by atoms with Crippen molar-refractivity contribution in [2.75, 3.05) is 32.2 Å². The summed E-state index contributed by atoms with van der Waals surface area (Å²) < 4.78 is 39.9. The van der Waals surface area contributed by atoms with E-state index in [1.807, 2.05) is 12.1 Å². The van der Waals surface area contributed by atoms with Crippen molar-refractivity contribution in [2.24, 2.45) is 5.92 Å². The minimum atomic E-state index is -0.639. The quantitative estimate of drug-likeness (QED) is 0.491. The van der Waals surface area contributed by atoms with E-state index >= 15 is 0 Å². The van der Waals surface area contributed by atoms with Crippen molar-refractivity contribution in [3.05, 3.63) is 59.7 Å². The summed E-state index contributed by atoms with van der Waals surface area (Å²) in [6.45, 7) is 3.95. The molecule has 1 aliphatic rings. The van der Waals surface area contributed by atoms with Gasteiger partial charge in [0.05, 0.1) is 31.0 Å². The molecule has 0 spiro atoms. The lowest BCUT2D eigenvalue weighted by molar-refractivity contribution is 0.386. The van der Waals surface area contributed by atoms with E-state index in [9.17, 15) is 8.78 Å². The molecule has 0 N–H and O–H groups in total. The number of hydrogen-bond acceptors (Lipinski definition) is 5. The molecule has 0 bridgehead atoms. The predicted octanol–water partition coefficient (Wildman–Crippen LogP) is 5.82. The second-order valence-electron chi connectivity index (χ2n) is 8.23. The molecule has 33 heavy (non-hydrogen) atoms. The molecule has 7 heteroatoms. The molecule has 3 aromatic rings. The lowest BCUT2D eigenvalue weighted by Crippen LogP contribution is -2.33. The van der Waals surface area contributed by atoms with Gasteiger partial charge in [-0.3, -0.25) is 0 Å². The molecule has 1 aromatic heterocycles. The van der Waals surface area contributed by atoms with Crippen LogP contribution in [-0.4, -0.2) is 32.3 Å². The summed E-state index contributed by atoms with van der Waals surface area (Å²) >= 11 is 0. The zero-order valence-electron chi connectivity index (χ0n) is 18.9. The first-order chi connectivity index (χ1) is 15.9. The number of piperidine rings is 1. The molecule has 0 radical (unpaired) electrons. The molecule has 2 heterocycles. The van der Waals surface area contributed by atoms with E-state index in [-0.39, 0.29) is 11.3 Å². The first-order valence-corrected chi connectivity index (χ1v) is 10.8. The highest BCUT2D eigenvalue weighted by atomic mass is 19.1. The maximum Gasteiger partial charge on any atom is 0.165 e. The van der Waals surface area contributed by atoms with Crippen LogP contribution < -0.4 is 14.4 Å². The fourth-order valence-electron chi connectivity index (χ4n) is 4.13. The topological polar surface area (TPSA) is 58.4 Å². The van der Waals surface area contributed by atoms with Crippen molar-refractivity contribution < 1.29 is 18.3 Å². The first kappa shape index (κ1) is 22.5. The number of aromatic nitrogens is 1. The SMILES string of the molecule is COc1ccc(-c2c(OC)cc(N3CCC(C)CC3)nc2-c2ccc(C#N)c(F)c2)cc1F. The Kier molecular flexibility index (Phi) is 6.45. The Balaban J connectivity index is 1.93. The fraction of sp³-hybridized carbons (Fsp3) is 0.308. The number of nitriles is 1. The number of halogens is 2. The van der Waals surface area contributed by atoms with E-state index < -0.39 is 11.6 Å². The monoisotopic (exact) mass is 449 g/mol. The van der Waals surface area contributed by atoms with Crippen LogP contribution in [0.2, 0.25) is 0 Å². The molecule has 4 rings (SSSR count). The third-order valence-electron chi connectivity index (χ3n) is 6.10. The van der Waals surface area contributed by atoms with Crippen LogP contribution in [0.25, 0.3) is 22.4 Å². The molecule has 170 valence electrons. The van der Waals surface area contributed by atoms with Gasteiger partial charge in [0.25, 0.3) is 0 Å². The number of hydrogen-bond donors (Lipinski definition) is 0. The molecule has 0 aliphatic carbocycles. The number of pyridine rings is 1. The van der Waals surface area contributed by atoms with Crippen LogP contribution in [0.1, 0.15) is 25.3 Å². The van der Waals surface area contributed by atoms with E-state index in [4.69, 9.17) is 19.7 Å². The van der Waals surface area contributed by atoms with Crippen LogP contribution in [-0.2, 0) is 0 Å². The number of nitrogens with zero attached hydrogens (tertiary/aromatic N) is 3. The highest BCUT2D eigenvalue weighted by molar-refractivity contribution is 5.87. The van der Waals surface area contributed by atoms with E-state index in [1.165, 1.54) is 31.4 Å². The second-order valence-corrected chi connectivity index (χ2v) is 8.23. The van der Waals surface area contributed by atoms with Gasteiger partial charge in [-0.1, -0.05) is 19.1 Å². The summed E-state index contributed by atoms with van der Waals surface area (Å²) in [5, 5.41) is 9.12. The summed E-state index contributed by atoms with van der Waals surface area (Å²) in [6.07, 6.45) is 2.10. The molecule has 0 amide bonds. The lowest BCUT2D eigenvalue weighted by Gasteiger charge is -2.32. The highest BCUT2D eigenvalue weighted by Gasteiger charge is 2.23. The van der Waals surface area contributed by atoms with Crippen LogP contribution in [0.5, 0.6) is 11.5 Å². The van der Waals surface area contributed by atoms with Gasteiger partial charge in [-0.15, -0.1) is 0 Å². The maximum atomic E-state index is 14.6. The molecule has 1 aliphatic heterocycles. The Labute approximate surface area is 192 Å². The number of ether oxygens (including phenoxy) is 2. The Morgan fingerprint density at radius 2 is 1.61 bits per heavy atom. The largest absolute Gasteiger partial charge is 0.496 e. The van der Waals surface area contributed by atoms with Gasteiger partial charge in [0.15, 0.2) is 11.6 Å². The minimum Gasteiger partial charge on any atom is -0.496 e. The van der Waals surface area contributed by atoms with Gasteiger partial charge < -0.3 is 14.4 Å². The summed E-state index contributed by atoms with van der Waals surface area (Å²) in [7, 11) is 2.95. The summed E-state index contributed by atoms with van der Waals surface area (Å²) in [5.41, 5.74) is 1.94. The number of rotatable bonds is 5. The predicted molar refractivity (Wildman–Crippen MR) is 123 cm³/mol. The molecule has 0 unspecified atom stereocenters. The van der Waals surface area contributed by atoms with Crippen LogP contribution in [0.4, 0.5) is 14.6 Å². The van der Waals surface area contributed by atoms with E-state index in [2.05, 4.69) is 11.8 Å². The normalized spacial score (nSPS) is 14.1. The fourth-order valence-corrected chi connectivity index (χ4v) is 4.13. The third-order valence-corrected chi connectivity index (χ3v) is 6.10. The van der Waals surface area contributed by atoms with Gasteiger partial charge in [0, 0.05) is 24.7 Å². The van der Waals surface area contributed by atoms with E-state index in [0.29, 0.717) is 34.1 Å². The first-order valence-electron chi connectivity index (χ1n) is 10.8. The lowest BCUT2D eigenvalue weighted by atomic mass is 9.96. The van der Waals surface area contributed by atoms with Crippen molar-refractivity contribution >= 4 is 5.82 Å². The molecular formula is C26H25F2N3O2. The standard InChI is InChI=1S/C26H25F2N3O2/c1-16-8-10-31(11-9-16)24-14-23(33-3)25(17-6-7-22(32-2)21(28)12-17)26(30-24)18-4-5-19(15-29)20(27)13-18/h4-7,12-14,16H,8-11H2,1-3H3. The smallest absolute Gasteiger partial charge is 0.165 e. The van der Waals surface area contributed by atoms with Crippen molar-refractivity contribution in [2.45, 2.75) is 19.8 Å². The third kappa shape index (κ3) is 4.47. The molecule has 5 nitrogen and oxygen atoms in total. The van der Waals surface area contributed by atoms with Crippen molar-refractivity contribution in [3.8, 4) is 40.0 Å². The molecule has 1 saturated heterocycles. The van der Waals surface area contributed by atoms with Gasteiger partial charge >= 0.3 is 0 Å². The molecule has 0 atom stereocenters. The minimum absolute atomic E-state index is 0.0519. The molecular weight excluding hydrogens is 424 g/mol. The van der Waals surface area contributed by atoms with Crippen LogP contribution >= 0.6 is 0 Å². The van der Waals surface area contributed by atoms with Crippen molar-refractivity contribution in [1.82, 2.24) is 4.98 Å². The average molecular weight is 450 g/mol. The Morgan fingerprint density at radius 1 is 0.939 bits per heavy atom. The van der Waals surface area contributed by atoms with E-state index in [1.54, 1.807) is 19.2 Å². The van der Waals surface area contributed by atoms with Crippen molar-refractivity contribution in [3.63, 3.8) is 0 Å². The molecule has 0 saturated carbocycles. The Morgan fingerprint density at radius 3 is 2.21 bits per heavy atom. The van der Waals surface area contributed by atoms with E-state index in [0.717, 1.165) is 31.7 Å². The van der Waals surface area contributed by atoms with Crippen LogP contribution in [0, 0.1) is 28.9 Å². The Bertz CT molecular complexity index is 1210. The van der Waals surface area contributed by atoms with Gasteiger partial charge in [0.1, 0.15) is 23.5 Å². The second kappa shape index (κ2) is 9.45. The maximum absolute atomic E-state index is 14.6. The zero-order chi connectivity index (χ0) is 23.5. The summed E-state index contributed by atoms with van der Waals surface area (Å²) in [6, 6.07) is 12.6.